The van der Waals surface area contributed by atoms with Crippen LogP contribution in [0.15, 0.2) is 77.0 Å². The summed E-state index contributed by atoms with van der Waals surface area (Å²) >= 11 is 3.43. The average molecular weight is 466 g/mol. The van der Waals surface area contributed by atoms with Crippen molar-refractivity contribution < 1.29 is 24.0 Å². The van der Waals surface area contributed by atoms with Gasteiger partial charge in [0.15, 0.2) is 5.76 Å². The fourth-order valence-electron chi connectivity index (χ4n) is 2.85. The van der Waals surface area contributed by atoms with Crippen molar-refractivity contribution in [2.45, 2.75) is 0 Å². The Kier molecular flexibility index (Phi) is 5.16. The molecule has 0 amide bonds. The molecule has 0 radical (unpaired) electrons. The summed E-state index contributed by atoms with van der Waals surface area (Å²) < 4.78 is 11.8. The molecule has 0 saturated carbocycles. The molecule has 3 aromatic rings. The molecule has 1 aliphatic heterocycles. The van der Waals surface area contributed by atoms with Crippen LogP contribution in [0.4, 0.5) is 5.69 Å². The highest BCUT2D eigenvalue weighted by Gasteiger charge is 2.28. The van der Waals surface area contributed by atoms with Crippen LogP contribution in [-0.4, -0.2) is 16.7 Å². The van der Waals surface area contributed by atoms with Crippen LogP contribution in [0.3, 0.4) is 0 Å². The Bertz CT molecular complexity index is 1220. The molecule has 148 valence electrons. The quantitative estimate of drug-likeness (QED) is 0.173. The number of rotatable bonds is 4. The fraction of sp³-hybridized carbons (Fsp3) is 0. The minimum atomic E-state index is -0.682. The van der Waals surface area contributed by atoms with Crippen LogP contribution < -0.4 is 9.47 Å². The van der Waals surface area contributed by atoms with Crippen molar-refractivity contribution in [3.63, 3.8) is 0 Å². The van der Waals surface area contributed by atoms with Gasteiger partial charge in [0.2, 0.25) is 5.78 Å². The molecule has 0 N–H and O–H groups in total. The van der Waals surface area contributed by atoms with Gasteiger partial charge in [0.1, 0.15) is 11.5 Å². The Hall–Kier alpha value is -3.78. The zero-order valence-electron chi connectivity index (χ0n) is 15.2. The Morgan fingerprint density at radius 3 is 2.50 bits per heavy atom. The maximum atomic E-state index is 12.6. The second kappa shape index (κ2) is 7.92. The number of fused-ring (bicyclic) bond motifs is 1. The zero-order valence-corrected chi connectivity index (χ0v) is 16.8. The van der Waals surface area contributed by atoms with Gasteiger partial charge in [0.05, 0.1) is 16.1 Å². The van der Waals surface area contributed by atoms with E-state index in [0.29, 0.717) is 5.56 Å². The molecule has 7 nitrogen and oxygen atoms in total. The average Bonchev–Trinajstić information content (AvgIpc) is 3.04. The molecule has 3 aromatic carbocycles. The van der Waals surface area contributed by atoms with Crippen molar-refractivity contribution in [3.8, 4) is 11.5 Å². The molecule has 1 heterocycles. The summed E-state index contributed by atoms with van der Waals surface area (Å²) in [7, 11) is 0. The van der Waals surface area contributed by atoms with E-state index in [2.05, 4.69) is 15.9 Å². The first kappa shape index (κ1) is 19.5. The number of carbonyl (C=O) groups is 2. The van der Waals surface area contributed by atoms with Gasteiger partial charge in [-0.2, -0.15) is 0 Å². The number of esters is 1. The Morgan fingerprint density at radius 2 is 1.80 bits per heavy atom. The molecule has 8 heteroatoms. The van der Waals surface area contributed by atoms with Crippen molar-refractivity contribution in [1.82, 2.24) is 0 Å². The normalized spacial score (nSPS) is 13.6. The number of nitrogens with zero attached hydrogens (tertiary/aromatic N) is 1. The van der Waals surface area contributed by atoms with Gasteiger partial charge in [-0.3, -0.25) is 14.9 Å². The summed E-state index contributed by atoms with van der Waals surface area (Å²) in [4.78, 5) is 35.0. The molecule has 0 atom stereocenters. The van der Waals surface area contributed by atoms with Crippen molar-refractivity contribution in [2.24, 2.45) is 0 Å². The number of nitro benzene ring substituents is 1. The lowest BCUT2D eigenvalue weighted by atomic mass is 10.1. The number of non-ortho nitro benzene ring substituents is 1. The van der Waals surface area contributed by atoms with Crippen molar-refractivity contribution in [1.29, 1.82) is 0 Å². The molecule has 0 saturated heterocycles. The van der Waals surface area contributed by atoms with Gasteiger partial charge in [-0.05, 0) is 42.0 Å². The van der Waals surface area contributed by atoms with E-state index in [9.17, 15) is 19.7 Å². The van der Waals surface area contributed by atoms with Crippen LogP contribution in [-0.2, 0) is 0 Å². The van der Waals surface area contributed by atoms with Gasteiger partial charge >= 0.3 is 5.97 Å². The maximum Gasteiger partial charge on any atom is 0.343 e. The Labute approximate surface area is 178 Å². The topological polar surface area (TPSA) is 95.7 Å². The van der Waals surface area contributed by atoms with Crippen LogP contribution >= 0.6 is 15.9 Å². The van der Waals surface area contributed by atoms with Gasteiger partial charge in [-0.25, -0.2) is 4.79 Å². The highest BCUT2D eigenvalue weighted by Crippen LogP contribution is 2.35. The summed E-state index contributed by atoms with van der Waals surface area (Å²) in [5.41, 5.74) is 1.19. The molecule has 0 unspecified atom stereocenters. The summed E-state index contributed by atoms with van der Waals surface area (Å²) in [5, 5.41) is 10.7. The molecule has 0 spiro atoms. The number of Topliss-reactive ketones (excluding diaryl/α,β-unsaturated/α-hetero) is 1. The SMILES string of the molecule is O=C(Oc1ccc2c(c1)O/C(=C\c1ccccc1Br)C2=O)c1ccc([N+](=O)[O-])cc1. The molecule has 30 heavy (non-hydrogen) atoms. The van der Waals surface area contributed by atoms with Crippen LogP contribution in [0.2, 0.25) is 0 Å². The molecule has 0 aromatic heterocycles. The lowest BCUT2D eigenvalue weighted by Crippen LogP contribution is -2.08. The fourth-order valence-corrected chi connectivity index (χ4v) is 3.25. The zero-order chi connectivity index (χ0) is 21.3. The van der Waals surface area contributed by atoms with Crippen molar-refractivity contribution in [3.05, 3.63) is 104 Å². The van der Waals surface area contributed by atoms with Gasteiger partial charge < -0.3 is 9.47 Å². The van der Waals surface area contributed by atoms with Gasteiger partial charge in [-0.15, -0.1) is 0 Å². The number of halogens is 1. The Balaban J connectivity index is 1.53. The molecular formula is C22H12BrNO6. The monoisotopic (exact) mass is 465 g/mol. The first-order valence-corrected chi connectivity index (χ1v) is 9.51. The van der Waals surface area contributed by atoms with Gasteiger partial charge in [-0.1, -0.05) is 34.1 Å². The number of hydrogen-bond acceptors (Lipinski definition) is 6. The lowest BCUT2D eigenvalue weighted by molar-refractivity contribution is -0.384. The first-order chi connectivity index (χ1) is 14.4. The van der Waals surface area contributed by atoms with E-state index < -0.39 is 10.9 Å². The van der Waals surface area contributed by atoms with Crippen LogP contribution in [0.1, 0.15) is 26.3 Å². The molecule has 0 fully saturated rings. The number of benzene rings is 3. The number of ketones is 1. The smallest absolute Gasteiger partial charge is 0.343 e. The molecule has 4 rings (SSSR count). The highest BCUT2D eigenvalue weighted by atomic mass is 79.9. The summed E-state index contributed by atoms with van der Waals surface area (Å²) in [6.07, 6.45) is 1.63. The molecule has 0 aliphatic carbocycles. The van der Waals surface area contributed by atoms with Crippen molar-refractivity contribution >= 4 is 39.4 Å². The second-order valence-corrected chi connectivity index (χ2v) is 7.17. The van der Waals surface area contributed by atoms with E-state index in [1.54, 1.807) is 6.08 Å². The van der Waals surface area contributed by atoms with Crippen LogP contribution in [0, 0.1) is 10.1 Å². The number of hydrogen-bond donors (Lipinski definition) is 0. The maximum absolute atomic E-state index is 12.6. The van der Waals surface area contributed by atoms with E-state index >= 15 is 0 Å². The van der Waals surface area contributed by atoms with Gasteiger partial charge in [0, 0.05) is 22.7 Å². The molecular weight excluding hydrogens is 454 g/mol. The minimum absolute atomic E-state index is 0.125. The predicted molar refractivity (Wildman–Crippen MR) is 112 cm³/mol. The second-order valence-electron chi connectivity index (χ2n) is 6.31. The summed E-state index contributed by atoms with van der Waals surface area (Å²) in [6, 6.07) is 16.9. The van der Waals surface area contributed by atoms with Crippen molar-refractivity contribution in [2.75, 3.05) is 0 Å². The largest absolute Gasteiger partial charge is 0.452 e. The first-order valence-electron chi connectivity index (χ1n) is 8.72. The standard InChI is InChI=1S/C22H12BrNO6/c23-18-4-2-1-3-14(18)11-20-21(25)17-10-9-16(12-19(17)30-20)29-22(26)13-5-7-15(8-6-13)24(27)28/h1-12H/b20-11-. The third-order valence-electron chi connectivity index (χ3n) is 4.36. The number of ether oxygens (including phenoxy) is 2. The van der Waals surface area contributed by atoms with E-state index in [4.69, 9.17) is 9.47 Å². The highest BCUT2D eigenvalue weighted by molar-refractivity contribution is 9.10. The predicted octanol–water partition coefficient (Wildman–Crippen LogP) is 5.19. The van der Waals surface area contributed by atoms with Crippen LogP contribution in [0.5, 0.6) is 11.5 Å². The number of nitro groups is 1. The minimum Gasteiger partial charge on any atom is -0.452 e. The lowest BCUT2D eigenvalue weighted by Gasteiger charge is -2.05. The summed E-state index contributed by atoms with van der Waals surface area (Å²) in [5.74, 6) is -0.317. The van der Waals surface area contributed by atoms with E-state index in [0.717, 1.165) is 10.0 Å². The third kappa shape index (κ3) is 3.85. The number of allylic oxidation sites excluding steroid dienone is 1. The number of carbonyl (C=O) groups excluding carboxylic acids is 2. The molecule has 1 aliphatic rings. The third-order valence-corrected chi connectivity index (χ3v) is 5.08. The van der Waals surface area contributed by atoms with Crippen LogP contribution in [0.25, 0.3) is 6.08 Å². The molecule has 0 bridgehead atoms. The summed E-state index contributed by atoms with van der Waals surface area (Å²) in [6.45, 7) is 0. The van der Waals surface area contributed by atoms with E-state index in [1.807, 2.05) is 24.3 Å². The van der Waals surface area contributed by atoms with E-state index in [1.165, 1.54) is 42.5 Å². The van der Waals surface area contributed by atoms with Gasteiger partial charge in [0.25, 0.3) is 5.69 Å². The Morgan fingerprint density at radius 1 is 1.07 bits per heavy atom. The van der Waals surface area contributed by atoms with E-state index in [-0.39, 0.29) is 34.3 Å².